The molecule has 3 aliphatic rings. The Morgan fingerprint density at radius 2 is 1.46 bits per heavy atom. The van der Waals surface area contributed by atoms with E-state index in [1.807, 2.05) is 0 Å². The fraction of sp³-hybridized carbons (Fsp3) is 0.667. The number of rotatable bonds is 9. The Bertz CT molecular complexity index is 1460. The Hall–Kier alpha value is -4.33. The number of hydrogen-bond acceptors (Lipinski definition) is 15. The van der Waals surface area contributed by atoms with E-state index in [1.54, 1.807) is 13.8 Å². The van der Waals surface area contributed by atoms with Crippen LogP contribution < -0.4 is 21.9 Å². The Labute approximate surface area is 261 Å². The number of ether oxygens (including phenoxy) is 8. The van der Waals surface area contributed by atoms with E-state index < -0.39 is 109 Å². The third kappa shape index (κ3) is 8.27. The van der Waals surface area contributed by atoms with Crippen molar-refractivity contribution in [3.8, 4) is 0 Å². The lowest BCUT2D eigenvalue weighted by molar-refractivity contribution is -0.255. The number of aromatic amines is 1. The van der Waals surface area contributed by atoms with E-state index in [0.717, 1.165) is 38.3 Å². The van der Waals surface area contributed by atoms with E-state index in [0.29, 0.717) is 0 Å². The van der Waals surface area contributed by atoms with E-state index >= 15 is 0 Å². The fourth-order valence-electron chi connectivity index (χ4n) is 5.39. The molecular weight excluding hydrogens is 620 g/mol. The maximum Gasteiger partial charge on any atom is 0.330 e. The standard InChI is InChI=1S/C27H36N4O15/c1-11(32)39-10-16-18(40-12(2)33)20(41-13(3)34)21(42-14(4)35)23(43-16)30-25(37)28-9-15-19-22(46-27(5,6)45-19)24(44-15)31-8-7-17(36)29-26(31)38/h7-8,15-16,18-24H,9-10H2,1-6H3,(H2,28,30,37)(H,29,36,38)/t15-,16-,18-,19-,20+,21-,22-,23-,24-/m1/s1. The van der Waals surface area contributed by atoms with Crippen LogP contribution >= 0.6 is 0 Å². The van der Waals surface area contributed by atoms with Crippen LogP contribution in [0.15, 0.2) is 21.9 Å². The van der Waals surface area contributed by atoms with E-state index in [-0.39, 0.29) is 6.54 Å². The zero-order valence-electron chi connectivity index (χ0n) is 25.8. The van der Waals surface area contributed by atoms with Crippen molar-refractivity contribution in [2.75, 3.05) is 13.2 Å². The summed E-state index contributed by atoms with van der Waals surface area (Å²) < 4.78 is 46.0. The van der Waals surface area contributed by atoms with Gasteiger partial charge in [0, 0.05) is 46.5 Å². The molecule has 3 aliphatic heterocycles. The van der Waals surface area contributed by atoms with Crippen LogP contribution in [0, 0.1) is 0 Å². The van der Waals surface area contributed by atoms with Crippen molar-refractivity contribution in [3.05, 3.63) is 33.1 Å². The monoisotopic (exact) mass is 656 g/mol. The highest BCUT2D eigenvalue weighted by atomic mass is 16.8. The number of carbonyl (C=O) groups is 5. The van der Waals surface area contributed by atoms with Gasteiger partial charge >= 0.3 is 35.6 Å². The average Bonchev–Trinajstić information content (AvgIpc) is 3.41. The Kier molecular flexibility index (Phi) is 10.5. The summed E-state index contributed by atoms with van der Waals surface area (Å²) in [5.41, 5.74) is -1.34. The summed E-state index contributed by atoms with van der Waals surface area (Å²) in [5.74, 6) is -4.23. The van der Waals surface area contributed by atoms with Crippen LogP contribution in [0.4, 0.5) is 4.79 Å². The molecule has 1 aromatic rings. The van der Waals surface area contributed by atoms with Crippen LogP contribution in [0.3, 0.4) is 0 Å². The predicted octanol–water partition coefficient (Wildman–Crippen LogP) is -1.66. The van der Waals surface area contributed by atoms with Crippen molar-refractivity contribution in [2.24, 2.45) is 0 Å². The SMILES string of the molecule is CC(=O)OC[C@H]1O[C@@H](NC(=O)NC[C@H]2O[C@@H](n3ccc(=O)[nH]c3=O)[C@@H]3OC(C)(C)O[C@@H]32)[C@H](OC(C)=O)[C@@H](OC(C)=O)[C@@H]1OC(C)=O. The molecule has 0 aromatic carbocycles. The van der Waals surface area contributed by atoms with Crippen molar-refractivity contribution in [2.45, 2.75) is 103 Å². The Balaban J connectivity index is 1.52. The van der Waals surface area contributed by atoms with E-state index in [2.05, 4.69) is 15.6 Å². The molecule has 0 bridgehead atoms. The first-order valence-electron chi connectivity index (χ1n) is 14.2. The number of aromatic nitrogens is 2. The summed E-state index contributed by atoms with van der Waals surface area (Å²) in [7, 11) is 0. The number of H-pyrrole nitrogens is 1. The van der Waals surface area contributed by atoms with Crippen molar-refractivity contribution in [1.82, 2.24) is 20.2 Å². The molecule has 19 heteroatoms. The van der Waals surface area contributed by atoms with Gasteiger partial charge in [0.1, 0.15) is 31.0 Å². The van der Waals surface area contributed by atoms with Gasteiger partial charge in [0.25, 0.3) is 5.56 Å². The highest BCUT2D eigenvalue weighted by molar-refractivity contribution is 5.74. The maximum absolute atomic E-state index is 13.2. The van der Waals surface area contributed by atoms with E-state index in [1.165, 1.54) is 6.20 Å². The molecule has 4 rings (SSSR count). The van der Waals surface area contributed by atoms with Gasteiger partial charge in [-0.05, 0) is 13.8 Å². The van der Waals surface area contributed by atoms with Crippen molar-refractivity contribution in [3.63, 3.8) is 0 Å². The molecule has 2 amide bonds. The lowest BCUT2D eigenvalue weighted by Gasteiger charge is -2.44. The lowest BCUT2D eigenvalue weighted by atomic mass is 9.97. The molecule has 3 N–H and O–H groups in total. The zero-order valence-corrected chi connectivity index (χ0v) is 25.8. The van der Waals surface area contributed by atoms with Crippen molar-refractivity contribution >= 4 is 29.9 Å². The van der Waals surface area contributed by atoms with Gasteiger partial charge in [0.2, 0.25) is 0 Å². The molecule has 4 heterocycles. The summed E-state index contributed by atoms with van der Waals surface area (Å²) in [5, 5.41) is 5.07. The van der Waals surface area contributed by atoms with Crippen LogP contribution in [-0.2, 0) is 57.1 Å². The summed E-state index contributed by atoms with van der Waals surface area (Å²) in [4.78, 5) is 86.9. The zero-order chi connectivity index (χ0) is 33.9. The molecule has 0 saturated carbocycles. The van der Waals surface area contributed by atoms with Gasteiger partial charge < -0.3 is 48.5 Å². The lowest BCUT2D eigenvalue weighted by Crippen LogP contribution is -2.67. The van der Waals surface area contributed by atoms with Gasteiger partial charge in [0.15, 0.2) is 36.6 Å². The average molecular weight is 657 g/mol. The molecule has 46 heavy (non-hydrogen) atoms. The molecule has 9 atom stereocenters. The molecule has 19 nitrogen and oxygen atoms in total. The molecule has 3 saturated heterocycles. The molecule has 0 spiro atoms. The third-order valence-corrected chi connectivity index (χ3v) is 6.98. The van der Waals surface area contributed by atoms with Crippen molar-refractivity contribution < 1.29 is 61.9 Å². The van der Waals surface area contributed by atoms with Gasteiger partial charge in [-0.25, -0.2) is 9.59 Å². The molecule has 1 aromatic heterocycles. The summed E-state index contributed by atoms with van der Waals surface area (Å²) in [6.07, 6.45) is -9.30. The molecule has 3 fully saturated rings. The molecule has 0 radical (unpaired) electrons. The number of urea groups is 1. The number of nitrogens with zero attached hydrogens (tertiary/aromatic N) is 1. The van der Waals surface area contributed by atoms with Crippen LogP contribution in [0.1, 0.15) is 47.8 Å². The van der Waals surface area contributed by atoms with E-state index in [4.69, 9.17) is 37.9 Å². The number of nitrogens with one attached hydrogen (secondary N) is 3. The quantitative estimate of drug-likeness (QED) is 0.199. The Morgan fingerprint density at radius 3 is 2.07 bits per heavy atom. The second kappa shape index (κ2) is 14.0. The van der Waals surface area contributed by atoms with Crippen molar-refractivity contribution in [1.29, 1.82) is 0 Å². The van der Waals surface area contributed by atoms with Gasteiger partial charge in [-0.15, -0.1) is 0 Å². The molecule has 254 valence electrons. The summed E-state index contributed by atoms with van der Waals surface area (Å²) in [6, 6.07) is 0.275. The molecule has 0 aliphatic carbocycles. The fourth-order valence-corrected chi connectivity index (χ4v) is 5.39. The Morgan fingerprint density at radius 1 is 0.848 bits per heavy atom. The van der Waals surface area contributed by atoms with Crippen LogP contribution in [-0.4, -0.2) is 107 Å². The van der Waals surface area contributed by atoms with E-state index in [9.17, 15) is 33.6 Å². The largest absolute Gasteiger partial charge is 0.463 e. The number of hydrogen-bond donors (Lipinski definition) is 3. The third-order valence-electron chi connectivity index (χ3n) is 6.98. The first-order valence-corrected chi connectivity index (χ1v) is 14.2. The first kappa shape index (κ1) is 34.5. The van der Waals surface area contributed by atoms with Crippen LogP contribution in [0.25, 0.3) is 0 Å². The maximum atomic E-state index is 13.2. The number of esters is 4. The number of fused-ring (bicyclic) bond motifs is 1. The minimum atomic E-state index is -1.51. The first-order chi connectivity index (χ1) is 21.5. The highest BCUT2D eigenvalue weighted by Gasteiger charge is 2.56. The minimum Gasteiger partial charge on any atom is -0.463 e. The topological polar surface area (TPSA) is 238 Å². The van der Waals surface area contributed by atoms with Gasteiger partial charge in [-0.3, -0.25) is 33.5 Å². The summed E-state index contributed by atoms with van der Waals surface area (Å²) >= 11 is 0. The number of amides is 2. The highest BCUT2D eigenvalue weighted by Crippen LogP contribution is 2.42. The predicted molar refractivity (Wildman–Crippen MR) is 148 cm³/mol. The second-order valence-electron chi connectivity index (χ2n) is 11.1. The smallest absolute Gasteiger partial charge is 0.330 e. The molecule has 0 unspecified atom stereocenters. The molecular formula is C27H36N4O15. The normalized spacial score (nSPS) is 31.2. The van der Waals surface area contributed by atoms with Gasteiger partial charge in [0.05, 0.1) is 0 Å². The minimum absolute atomic E-state index is 0.188. The number of carbonyl (C=O) groups excluding carboxylic acids is 5. The van der Waals surface area contributed by atoms with Crippen LogP contribution in [0.5, 0.6) is 0 Å². The van der Waals surface area contributed by atoms with Crippen LogP contribution in [0.2, 0.25) is 0 Å². The van der Waals surface area contributed by atoms with Gasteiger partial charge in [-0.2, -0.15) is 0 Å². The second-order valence-corrected chi connectivity index (χ2v) is 11.1. The summed E-state index contributed by atoms with van der Waals surface area (Å²) in [6.45, 7) is 7.02. The van der Waals surface area contributed by atoms with Gasteiger partial charge in [-0.1, -0.05) is 0 Å².